The average Bonchev–Trinajstić information content (AvgIpc) is 2.88. The molecule has 0 aliphatic carbocycles. The summed E-state index contributed by atoms with van der Waals surface area (Å²) >= 11 is 1.30. The lowest BCUT2D eigenvalue weighted by Gasteiger charge is -2.35. The number of benzene rings is 2. The lowest BCUT2D eigenvalue weighted by Crippen LogP contribution is -2.50. The summed E-state index contributed by atoms with van der Waals surface area (Å²) in [5.41, 5.74) is 0.999. The topological polar surface area (TPSA) is 76.9 Å². The molecule has 1 aromatic heterocycles. The first-order chi connectivity index (χ1) is 16.5. The molecule has 180 valence electrons. The minimum Gasteiger partial charge on any atom is -0.493 e. The van der Waals surface area contributed by atoms with Crippen LogP contribution in [0.3, 0.4) is 0 Å². The zero-order valence-electron chi connectivity index (χ0n) is 20.0. The molecule has 34 heavy (non-hydrogen) atoms. The van der Waals surface area contributed by atoms with Crippen LogP contribution in [0.2, 0.25) is 0 Å². The number of amides is 1. The summed E-state index contributed by atoms with van der Waals surface area (Å²) in [5, 5.41) is 0.577. The number of para-hydroxylation sites is 1. The molecule has 1 fully saturated rings. The summed E-state index contributed by atoms with van der Waals surface area (Å²) in [6.07, 6.45) is 0. The molecule has 4 rings (SSSR count). The first-order valence-electron chi connectivity index (χ1n) is 11.4. The Kier molecular flexibility index (Phi) is 7.43. The standard InChI is InChI=1S/C25H30N4O4S/c1-5-27-12-14-28(15-13-27)23(30)17(2)34-25-26-20-9-7-6-8-19(20)24(31)29(25)18-10-11-21(32-3)22(16-18)33-4/h6-11,16-17H,5,12-15H2,1-4H3. The molecule has 0 spiro atoms. The van der Waals surface area contributed by atoms with Crippen molar-refractivity contribution in [3.63, 3.8) is 0 Å². The van der Waals surface area contributed by atoms with Gasteiger partial charge in [0.1, 0.15) is 0 Å². The Morgan fingerprint density at radius 2 is 1.76 bits per heavy atom. The zero-order valence-corrected chi connectivity index (χ0v) is 20.8. The van der Waals surface area contributed by atoms with E-state index in [1.165, 1.54) is 11.8 Å². The molecule has 8 nitrogen and oxygen atoms in total. The minimum absolute atomic E-state index is 0.0574. The third kappa shape index (κ3) is 4.76. The van der Waals surface area contributed by atoms with Gasteiger partial charge in [0.2, 0.25) is 5.91 Å². The van der Waals surface area contributed by atoms with Gasteiger partial charge in [0.25, 0.3) is 5.56 Å². The van der Waals surface area contributed by atoms with Gasteiger partial charge in [-0.25, -0.2) is 4.98 Å². The van der Waals surface area contributed by atoms with Crippen LogP contribution in [0.25, 0.3) is 16.6 Å². The van der Waals surface area contributed by atoms with Crippen LogP contribution in [0.4, 0.5) is 0 Å². The Morgan fingerprint density at radius 3 is 2.44 bits per heavy atom. The van der Waals surface area contributed by atoms with Crippen molar-refractivity contribution in [2.75, 3.05) is 46.9 Å². The molecule has 9 heteroatoms. The summed E-state index contributed by atoms with van der Waals surface area (Å²) in [6.45, 7) is 8.18. The Hall–Kier alpha value is -3.04. The number of nitrogens with zero attached hydrogens (tertiary/aromatic N) is 4. The molecule has 1 aliphatic rings. The Bertz CT molecular complexity index is 1240. The highest BCUT2D eigenvalue weighted by Crippen LogP contribution is 2.32. The van der Waals surface area contributed by atoms with E-state index < -0.39 is 5.25 Å². The molecule has 1 saturated heterocycles. The van der Waals surface area contributed by atoms with E-state index in [-0.39, 0.29) is 11.5 Å². The Morgan fingerprint density at radius 1 is 1.06 bits per heavy atom. The van der Waals surface area contributed by atoms with Gasteiger partial charge in [0.15, 0.2) is 16.7 Å². The SMILES string of the molecule is CCN1CCN(C(=O)C(C)Sc2nc3ccccc3c(=O)n2-c2ccc(OC)c(OC)c2)CC1. The lowest BCUT2D eigenvalue weighted by molar-refractivity contribution is -0.132. The van der Waals surface area contributed by atoms with E-state index in [0.29, 0.717) is 46.3 Å². The van der Waals surface area contributed by atoms with E-state index >= 15 is 0 Å². The summed E-state index contributed by atoms with van der Waals surface area (Å²) in [6, 6.07) is 12.5. The fraction of sp³-hybridized carbons (Fsp3) is 0.400. The second-order valence-electron chi connectivity index (χ2n) is 8.11. The number of rotatable bonds is 7. The third-order valence-electron chi connectivity index (χ3n) is 6.13. The van der Waals surface area contributed by atoms with Gasteiger partial charge in [-0.3, -0.25) is 14.2 Å². The van der Waals surface area contributed by atoms with Crippen LogP contribution in [0.5, 0.6) is 11.5 Å². The van der Waals surface area contributed by atoms with Crippen molar-refractivity contribution in [1.82, 2.24) is 19.4 Å². The maximum atomic E-state index is 13.6. The molecule has 1 aliphatic heterocycles. The van der Waals surface area contributed by atoms with Crippen molar-refractivity contribution in [1.29, 1.82) is 0 Å². The lowest BCUT2D eigenvalue weighted by atomic mass is 10.2. The molecule has 0 bridgehead atoms. The van der Waals surface area contributed by atoms with Gasteiger partial charge in [-0.15, -0.1) is 0 Å². The quantitative estimate of drug-likeness (QED) is 0.378. The van der Waals surface area contributed by atoms with Crippen LogP contribution < -0.4 is 15.0 Å². The second kappa shape index (κ2) is 10.5. The first kappa shape index (κ1) is 24.1. The number of piperazine rings is 1. The van der Waals surface area contributed by atoms with Gasteiger partial charge < -0.3 is 19.3 Å². The molecule has 1 amide bonds. The number of carbonyl (C=O) groups is 1. The molecular weight excluding hydrogens is 452 g/mol. The molecule has 2 heterocycles. The molecule has 1 unspecified atom stereocenters. The van der Waals surface area contributed by atoms with Crippen LogP contribution >= 0.6 is 11.8 Å². The predicted octanol–water partition coefficient (Wildman–Crippen LogP) is 3.05. The van der Waals surface area contributed by atoms with Crippen molar-refractivity contribution in [3.05, 3.63) is 52.8 Å². The van der Waals surface area contributed by atoms with Crippen LogP contribution in [0.1, 0.15) is 13.8 Å². The second-order valence-corrected chi connectivity index (χ2v) is 9.42. The normalized spacial score (nSPS) is 15.4. The van der Waals surface area contributed by atoms with E-state index in [0.717, 1.165) is 19.6 Å². The maximum absolute atomic E-state index is 13.6. The Labute approximate surface area is 203 Å². The fourth-order valence-electron chi connectivity index (χ4n) is 4.13. The smallest absolute Gasteiger partial charge is 0.266 e. The van der Waals surface area contributed by atoms with Crippen molar-refractivity contribution in [3.8, 4) is 17.2 Å². The summed E-state index contributed by atoms with van der Waals surface area (Å²) in [7, 11) is 3.12. The number of fused-ring (bicyclic) bond motifs is 1. The van der Waals surface area contributed by atoms with Gasteiger partial charge in [0.05, 0.1) is 36.1 Å². The van der Waals surface area contributed by atoms with Gasteiger partial charge in [0, 0.05) is 32.2 Å². The molecule has 3 aromatic rings. The summed E-state index contributed by atoms with van der Waals surface area (Å²) in [4.78, 5) is 35.8. The number of methoxy groups -OCH3 is 2. The van der Waals surface area contributed by atoms with Crippen LogP contribution in [0.15, 0.2) is 52.4 Å². The summed E-state index contributed by atoms with van der Waals surface area (Å²) in [5.74, 6) is 1.13. The van der Waals surface area contributed by atoms with E-state index in [1.807, 2.05) is 30.0 Å². The van der Waals surface area contributed by atoms with Crippen molar-refractivity contribution >= 4 is 28.6 Å². The number of likely N-dealkylation sites (N-methyl/N-ethyl adjacent to an activating group) is 1. The number of carbonyl (C=O) groups excluding carboxylic acids is 1. The highest BCUT2D eigenvalue weighted by atomic mass is 32.2. The van der Waals surface area contributed by atoms with E-state index in [1.54, 1.807) is 43.1 Å². The average molecular weight is 483 g/mol. The third-order valence-corrected chi connectivity index (χ3v) is 7.17. The number of aromatic nitrogens is 2. The Balaban J connectivity index is 1.72. The van der Waals surface area contributed by atoms with Gasteiger partial charge in [-0.2, -0.15) is 0 Å². The minimum atomic E-state index is -0.396. The number of hydrogen-bond acceptors (Lipinski definition) is 7. The van der Waals surface area contributed by atoms with Crippen molar-refractivity contribution in [2.45, 2.75) is 24.3 Å². The van der Waals surface area contributed by atoms with Crippen molar-refractivity contribution < 1.29 is 14.3 Å². The van der Waals surface area contributed by atoms with Gasteiger partial charge in [-0.1, -0.05) is 30.8 Å². The summed E-state index contributed by atoms with van der Waals surface area (Å²) < 4.78 is 12.3. The molecule has 0 radical (unpaired) electrons. The fourth-order valence-corrected chi connectivity index (χ4v) is 5.14. The highest BCUT2D eigenvalue weighted by molar-refractivity contribution is 8.00. The monoisotopic (exact) mass is 482 g/mol. The van der Waals surface area contributed by atoms with E-state index in [9.17, 15) is 9.59 Å². The van der Waals surface area contributed by atoms with Crippen LogP contribution in [-0.4, -0.2) is 77.5 Å². The zero-order chi connectivity index (χ0) is 24.2. The molecule has 0 saturated carbocycles. The predicted molar refractivity (Wildman–Crippen MR) is 134 cm³/mol. The first-order valence-corrected chi connectivity index (χ1v) is 12.3. The van der Waals surface area contributed by atoms with Crippen molar-refractivity contribution in [2.24, 2.45) is 0 Å². The number of thioether (sulfide) groups is 1. The largest absolute Gasteiger partial charge is 0.493 e. The maximum Gasteiger partial charge on any atom is 0.266 e. The van der Waals surface area contributed by atoms with E-state index in [4.69, 9.17) is 14.5 Å². The molecular formula is C25H30N4O4S. The number of ether oxygens (including phenoxy) is 2. The molecule has 1 atom stereocenters. The molecule has 0 N–H and O–H groups in total. The van der Waals surface area contributed by atoms with E-state index in [2.05, 4.69) is 11.8 Å². The highest BCUT2D eigenvalue weighted by Gasteiger charge is 2.27. The van der Waals surface area contributed by atoms with Gasteiger partial charge in [-0.05, 0) is 37.7 Å². The van der Waals surface area contributed by atoms with Gasteiger partial charge >= 0.3 is 0 Å². The van der Waals surface area contributed by atoms with Crippen LogP contribution in [-0.2, 0) is 4.79 Å². The van der Waals surface area contributed by atoms with Crippen LogP contribution in [0, 0.1) is 0 Å². The molecule has 2 aromatic carbocycles. The number of hydrogen-bond donors (Lipinski definition) is 0.